The van der Waals surface area contributed by atoms with E-state index in [-0.39, 0.29) is 6.10 Å². The molecule has 2 unspecified atom stereocenters. The molecule has 3 N–H and O–H groups in total. The van der Waals surface area contributed by atoms with Crippen LogP contribution in [0.4, 0.5) is 0 Å². The van der Waals surface area contributed by atoms with E-state index in [1.165, 1.54) is 25.7 Å². The molecule has 80 valence electrons. The molecule has 0 aromatic heterocycles. The normalized spacial score (nSPS) is 61.5. The van der Waals surface area contributed by atoms with Crippen LogP contribution in [0.5, 0.6) is 0 Å². The van der Waals surface area contributed by atoms with Gasteiger partial charge in [0, 0.05) is 6.04 Å². The van der Waals surface area contributed by atoms with Crippen molar-refractivity contribution >= 4 is 0 Å². The number of hydrogen-bond donors (Lipinski definition) is 2. The summed E-state index contributed by atoms with van der Waals surface area (Å²) in [5.41, 5.74) is 6.71. The Morgan fingerprint density at radius 2 is 2.07 bits per heavy atom. The molecule has 2 bridgehead atoms. The molecule has 3 aliphatic rings. The van der Waals surface area contributed by atoms with E-state index in [2.05, 4.69) is 6.92 Å². The lowest BCUT2D eigenvalue weighted by atomic mass is 9.68. The zero-order valence-electron chi connectivity index (χ0n) is 8.95. The Morgan fingerprint density at radius 1 is 1.29 bits per heavy atom. The summed E-state index contributed by atoms with van der Waals surface area (Å²) in [7, 11) is 0. The van der Waals surface area contributed by atoms with E-state index in [0.717, 1.165) is 18.3 Å². The molecular formula is C12H21NO. The fourth-order valence-electron chi connectivity index (χ4n) is 4.62. The molecule has 2 nitrogen and oxygen atoms in total. The summed E-state index contributed by atoms with van der Waals surface area (Å²) in [6.45, 7) is 2.18. The van der Waals surface area contributed by atoms with Crippen molar-refractivity contribution in [1.29, 1.82) is 0 Å². The van der Waals surface area contributed by atoms with Crippen LogP contribution in [0, 0.1) is 23.2 Å². The van der Waals surface area contributed by atoms with Gasteiger partial charge < -0.3 is 10.8 Å². The third-order valence-corrected chi connectivity index (χ3v) is 5.41. The maximum Gasteiger partial charge on any atom is 0.0572 e. The number of fused-ring (bicyclic) bond motifs is 3. The predicted molar refractivity (Wildman–Crippen MR) is 55.6 cm³/mol. The first-order valence-electron chi connectivity index (χ1n) is 6.07. The molecule has 0 heterocycles. The molecule has 0 aromatic rings. The van der Waals surface area contributed by atoms with Crippen molar-refractivity contribution < 1.29 is 5.11 Å². The predicted octanol–water partition coefficient (Wildman–Crippen LogP) is 1.52. The zero-order valence-corrected chi connectivity index (χ0v) is 8.95. The van der Waals surface area contributed by atoms with Crippen molar-refractivity contribution in [3.05, 3.63) is 0 Å². The average Bonchev–Trinajstić information content (AvgIpc) is 2.76. The van der Waals surface area contributed by atoms with Crippen molar-refractivity contribution in [2.45, 2.75) is 51.2 Å². The van der Waals surface area contributed by atoms with Gasteiger partial charge in [0.05, 0.1) is 6.10 Å². The number of nitrogens with two attached hydrogens (primary N) is 1. The molecule has 0 aromatic carbocycles. The van der Waals surface area contributed by atoms with Crippen LogP contribution in [0.15, 0.2) is 0 Å². The molecule has 3 fully saturated rings. The van der Waals surface area contributed by atoms with E-state index >= 15 is 0 Å². The second-order valence-corrected chi connectivity index (χ2v) is 5.98. The molecule has 1 spiro atoms. The van der Waals surface area contributed by atoms with Gasteiger partial charge in [0.1, 0.15) is 0 Å². The Morgan fingerprint density at radius 3 is 2.57 bits per heavy atom. The largest absolute Gasteiger partial charge is 0.393 e. The van der Waals surface area contributed by atoms with Gasteiger partial charge in [-0.25, -0.2) is 0 Å². The van der Waals surface area contributed by atoms with Gasteiger partial charge in [-0.2, -0.15) is 0 Å². The van der Waals surface area contributed by atoms with Crippen molar-refractivity contribution in [3.8, 4) is 0 Å². The molecule has 3 saturated carbocycles. The first kappa shape index (κ1) is 9.17. The number of aliphatic hydroxyl groups is 1. The van der Waals surface area contributed by atoms with E-state index in [1.807, 2.05) is 0 Å². The van der Waals surface area contributed by atoms with Gasteiger partial charge in [0.15, 0.2) is 0 Å². The molecule has 3 aliphatic carbocycles. The molecule has 3 rings (SSSR count). The van der Waals surface area contributed by atoms with Crippen LogP contribution in [0.1, 0.15) is 39.0 Å². The van der Waals surface area contributed by atoms with E-state index < -0.39 is 0 Å². The quantitative estimate of drug-likeness (QED) is 0.615. The third kappa shape index (κ3) is 0.938. The molecule has 0 radical (unpaired) electrons. The Bertz CT molecular complexity index is 239. The topological polar surface area (TPSA) is 46.2 Å². The van der Waals surface area contributed by atoms with Gasteiger partial charge in [-0.15, -0.1) is 0 Å². The van der Waals surface area contributed by atoms with Crippen molar-refractivity contribution in [3.63, 3.8) is 0 Å². The number of rotatable bonds is 0. The van der Waals surface area contributed by atoms with Crippen LogP contribution in [0.25, 0.3) is 0 Å². The SMILES string of the molecule is C[C@@H]1CC2(C[C@H]1O)C1CC[C@H](C1)[C@@H]2N. The van der Waals surface area contributed by atoms with Crippen molar-refractivity contribution in [2.24, 2.45) is 28.9 Å². The zero-order chi connectivity index (χ0) is 9.92. The lowest BCUT2D eigenvalue weighted by molar-refractivity contribution is 0.0999. The highest BCUT2D eigenvalue weighted by molar-refractivity contribution is 5.12. The summed E-state index contributed by atoms with van der Waals surface area (Å²) < 4.78 is 0. The molecule has 14 heavy (non-hydrogen) atoms. The minimum atomic E-state index is -0.0830. The summed E-state index contributed by atoms with van der Waals surface area (Å²) in [4.78, 5) is 0. The highest BCUT2D eigenvalue weighted by Crippen LogP contribution is 2.62. The molecule has 6 atom stereocenters. The Labute approximate surface area is 85.9 Å². The van der Waals surface area contributed by atoms with Crippen LogP contribution in [-0.4, -0.2) is 17.3 Å². The summed E-state index contributed by atoms with van der Waals surface area (Å²) in [6.07, 6.45) is 6.14. The van der Waals surface area contributed by atoms with Crippen LogP contribution in [0.2, 0.25) is 0 Å². The summed E-state index contributed by atoms with van der Waals surface area (Å²) in [5.74, 6) is 2.08. The van der Waals surface area contributed by atoms with Gasteiger partial charge in [-0.1, -0.05) is 6.92 Å². The van der Waals surface area contributed by atoms with Crippen molar-refractivity contribution in [1.82, 2.24) is 0 Å². The second kappa shape index (κ2) is 2.73. The molecule has 0 aliphatic heterocycles. The van der Waals surface area contributed by atoms with Crippen LogP contribution in [-0.2, 0) is 0 Å². The smallest absolute Gasteiger partial charge is 0.0572 e. The highest BCUT2D eigenvalue weighted by Gasteiger charge is 2.60. The van der Waals surface area contributed by atoms with Gasteiger partial charge in [-0.05, 0) is 55.3 Å². The van der Waals surface area contributed by atoms with Crippen molar-refractivity contribution in [2.75, 3.05) is 0 Å². The van der Waals surface area contributed by atoms with Gasteiger partial charge in [-0.3, -0.25) is 0 Å². The Kier molecular flexibility index (Phi) is 1.79. The minimum absolute atomic E-state index is 0.0830. The first-order valence-corrected chi connectivity index (χ1v) is 6.07. The Balaban J connectivity index is 1.91. The minimum Gasteiger partial charge on any atom is -0.393 e. The standard InChI is InChI=1S/C12H21NO/c1-7-5-12(6-10(7)14)9-3-2-8(4-9)11(12)13/h7-11,14H,2-6,13H2,1H3/t7-,8-,9?,10-,11+,12?/m1/s1. The van der Waals surface area contributed by atoms with Crippen LogP contribution >= 0.6 is 0 Å². The van der Waals surface area contributed by atoms with E-state index in [4.69, 9.17) is 5.73 Å². The lowest BCUT2D eigenvalue weighted by Gasteiger charge is -2.39. The summed E-state index contributed by atoms with van der Waals surface area (Å²) >= 11 is 0. The summed E-state index contributed by atoms with van der Waals surface area (Å²) in [6, 6.07) is 0.390. The fourth-order valence-corrected chi connectivity index (χ4v) is 4.62. The number of hydrogen-bond acceptors (Lipinski definition) is 2. The maximum absolute atomic E-state index is 9.91. The Hall–Kier alpha value is -0.0800. The van der Waals surface area contributed by atoms with E-state index in [9.17, 15) is 5.11 Å². The van der Waals surface area contributed by atoms with Gasteiger partial charge >= 0.3 is 0 Å². The van der Waals surface area contributed by atoms with E-state index in [0.29, 0.717) is 17.4 Å². The molecule has 0 saturated heterocycles. The highest BCUT2D eigenvalue weighted by atomic mass is 16.3. The van der Waals surface area contributed by atoms with Crippen LogP contribution in [0.3, 0.4) is 0 Å². The third-order valence-electron chi connectivity index (χ3n) is 5.41. The summed E-state index contributed by atoms with van der Waals surface area (Å²) in [5, 5.41) is 9.91. The average molecular weight is 195 g/mol. The van der Waals surface area contributed by atoms with E-state index in [1.54, 1.807) is 0 Å². The maximum atomic E-state index is 9.91. The number of aliphatic hydroxyl groups excluding tert-OH is 1. The lowest BCUT2D eigenvalue weighted by Crippen LogP contribution is -2.45. The van der Waals surface area contributed by atoms with Gasteiger partial charge in [0.25, 0.3) is 0 Å². The molecular weight excluding hydrogens is 174 g/mol. The second-order valence-electron chi connectivity index (χ2n) is 5.98. The van der Waals surface area contributed by atoms with Crippen LogP contribution < -0.4 is 5.73 Å². The monoisotopic (exact) mass is 195 g/mol. The van der Waals surface area contributed by atoms with Gasteiger partial charge in [0.2, 0.25) is 0 Å². The fraction of sp³-hybridized carbons (Fsp3) is 1.00. The molecule has 0 amide bonds. The first-order chi connectivity index (χ1) is 6.63. The molecule has 2 heteroatoms.